The van der Waals surface area contributed by atoms with E-state index in [1.54, 1.807) is 17.5 Å². The number of nitrogens with one attached hydrogen (secondary N) is 2. The zero-order valence-corrected chi connectivity index (χ0v) is 16.9. The van der Waals surface area contributed by atoms with Crippen LogP contribution in [0.1, 0.15) is 34.4 Å². The second-order valence-electron chi connectivity index (χ2n) is 6.29. The van der Waals surface area contributed by atoms with Gasteiger partial charge in [-0.2, -0.15) is 0 Å². The Morgan fingerprint density at radius 2 is 2.19 bits per heavy atom. The molecule has 7 nitrogen and oxygen atoms in total. The summed E-state index contributed by atoms with van der Waals surface area (Å²) >= 11 is 7.61. The first-order valence-electron chi connectivity index (χ1n) is 8.65. The van der Waals surface area contributed by atoms with Crippen LogP contribution in [0.5, 0.6) is 0 Å². The maximum Gasteiger partial charge on any atom is 0.273 e. The van der Waals surface area contributed by atoms with E-state index >= 15 is 0 Å². The van der Waals surface area contributed by atoms with Gasteiger partial charge in [-0.05, 0) is 44.1 Å². The summed E-state index contributed by atoms with van der Waals surface area (Å²) in [5.74, 6) is -0.200. The summed E-state index contributed by atoms with van der Waals surface area (Å²) in [6.07, 6.45) is 4.42. The summed E-state index contributed by atoms with van der Waals surface area (Å²) in [6, 6.07) is 6.00. The summed E-state index contributed by atoms with van der Waals surface area (Å²) in [6.45, 7) is 2.45. The summed E-state index contributed by atoms with van der Waals surface area (Å²) < 4.78 is 2.91. The Kier molecular flexibility index (Phi) is 6.64. The van der Waals surface area contributed by atoms with Crippen LogP contribution in [-0.4, -0.2) is 45.5 Å². The molecule has 1 saturated heterocycles. The molecule has 0 radical (unpaired) electrons. The first kappa shape index (κ1) is 20.0. The molecule has 2 N–H and O–H groups in total. The van der Waals surface area contributed by atoms with Crippen molar-refractivity contribution >= 4 is 51.5 Å². The summed E-state index contributed by atoms with van der Waals surface area (Å²) in [5.41, 5.74) is 1.26. The van der Waals surface area contributed by atoms with E-state index in [0.29, 0.717) is 29.7 Å². The van der Waals surface area contributed by atoms with E-state index in [0.717, 1.165) is 41.2 Å². The number of hydrogen-bond acceptors (Lipinski definition) is 6. The fraction of sp³-hybridized carbons (Fsp3) is 0.412. The molecular formula is C17H20Cl2N6OS. The molecule has 144 valence electrons. The van der Waals surface area contributed by atoms with E-state index < -0.39 is 0 Å². The number of carbonyl (C=O) groups is 1. The molecule has 1 aliphatic rings. The number of fused-ring (bicyclic) bond motifs is 1. The molecule has 0 saturated carbocycles. The number of piperidine rings is 1. The molecule has 0 unspecified atom stereocenters. The van der Waals surface area contributed by atoms with Crippen LogP contribution in [0.25, 0.3) is 10.2 Å². The second kappa shape index (κ2) is 8.97. The van der Waals surface area contributed by atoms with Crippen molar-refractivity contribution in [1.29, 1.82) is 0 Å². The molecule has 3 aromatic rings. The number of nitrogens with zero attached hydrogens (tertiary/aromatic N) is 4. The van der Waals surface area contributed by atoms with Crippen molar-refractivity contribution in [1.82, 2.24) is 30.6 Å². The van der Waals surface area contributed by atoms with Gasteiger partial charge in [-0.15, -0.1) is 28.8 Å². The van der Waals surface area contributed by atoms with Gasteiger partial charge in [-0.1, -0.05) is 16.8 Å². The smallest absolute Gasteiger partial charge is 0.273 e. The lowest BCUT2D eigenvalue weighted by Gasteiger charge is -2.22. The number of amides is 1. The summed E-state index contributed by atoms with van der Waals surface area (Å²) in [4.78, 5) is 16.8. The molecule has 0 spiro atoms. The zero-order valence-electron chi connectivity index (χ0n) is 14.5. The van der Waals surface area contributed by atoms with Crippen molar-refractivity contribution < 1.29 is 4.79 Å². The maximum absolute atomic E-state index is 12.3. The molecule has 4 rings (SSSR count). The summed E-state index contributed by atoms with van der Waals surface area (Å²) in [7, 11) is 0. The predicted octanol–water partition coefficient (Wildman–Crippen LogP) is 2.86. The minimum atomic E-state index is -0.200. The topological polar surface area (TPSA) is 84.7 Å². The largest absolute Gasteiger partial charge is 0.350 e. The van der Waals surface area contributed by atoms with Crippen LogP contribution in [0.4, 0.5) is 0 Å². The predicted molar refractivity (Wildman–Crippen MR) is 109 cm³/mol. The maximum atomic E-state index is 12.3. The second-order valence-corrected chi connectivity index (χ2v) is 7.84. The van der Waals surface area contributed by atoms with Gasteiger partial charge in [0, 0.05) is 18.0 Å². The van der Waals surface area contributed by atoms with Crippen LogP contribution in [0, 0.1) is 0 Å². The molecule has 0 atom stereocenters. The number of halogens is 2. The molecule has 1 amide bonds. The monoisotopic (exact) mass is 426 g/mol. The van der Waals surface area contributed by atoms with Gasteiger partial charge >= 0.3 is 0 Å². The van der Waals surface area contributed by atoms with Crippen molar-refractivity contribution in [2.24, 2.45) is 0 Å². The normalized spacial score (nSPS) is 14.9. The average Bonchev–Trinajstić information content (AvgIpc) is 3.29. The number of aromatic nitrogens is 4. The highest BCUT2D eigenvalue weighted by Crippen LogP contribution is 2.25. The zero-order chi connectivity index (χ0) is 17.9. The Hall–Kier alpha value is -1.74. The lowest BCUT2D eigenvalue weighted by molar-refractivity contribution is 0.0949. The highest BCUT2D eigenvalue weighted by atomic mass is 35.5. The Morgan fingerprint density at radius 3 is 3.00 bits per heavy atom. The Bertz CT molecular complexity index is 921. The van der Waals surface area contributed by atoms with Gasteiger partial charge in [0.2, 0.25) is 0 Å². The lowest BCUT2D eigenvalue weighted by atomic mass is 10.1. The molecule has 1 fully saturated rings. The van der Waals surface area contributed by atoms with E-state index in [2.05, 4.69) is 25.9 Å². The Morgan fingerprint density at radius 1 is 1.37 bits per heavy atom. The molecule has 27 heavy (non-hydrogen) atoms. The van der Waals surface area contributed by atoms with Crippen molar-refractivity contribution in [2.75, 3.05) is 19.6 Å². The minimum absolute atomic E-state index is 0. The fourth-order valence-corrected chi connectivity index (χ4v) is 4.17. The third-order valence-corrected chi connectivity index (χ3v) is 5.78. The van der Waals surface area contributed by atoms with Crippen LogP contribution in [0.3, 0.4) is 0 Å². The van der Waals surface area contributed by atoms with Crippen LogP contribution < -0.4 is 10.6 Å². The van der Waals surface area contributed by atoms with Gasteiger partial charge in [0.05, 0.1) is 27.5 Å². The van der Waals surface area contributed by atoms with Gasteiger partial charge < -0.3 is 10.6 Å². The van der Waals surface area contributed by atoms with Crippen molar-refractivity contribution in [3.05, 3.63) is 40.1 Å². The first-order chi connectivity index (χ1) is 12.7. The lowest BCUT2D eigenvalue weighted by Crippen LogP contribution is -2.29. The highest BCUT2D eigenvalue weighted by molar-refractivity contribution is 7.18. The van der Waals surface area contributed by atoms with Crippen LogP contribution in [0.2, 0.25) is 5.02 Å². The molecular weight excluding hydrogens is 407 g/mol. The van der Waals surface area contributed by atoms with Gasteiger partial charge in [-0.3, -0.25) is 4.79 Å². The quantitative estimate of drug-likeness (QED) is 0.654. The number of hydrogen-bond donors (Lipinski definition) is 2. The molecule has 0 bridgehead atoms. The third kappa shape index (κ3) is 4.76. The van der Waals surface area contributed by atoms with E-state index in [1.165, 1.54) is 0 Å². The van der Waals surface area contributed by atoms with E-state index in [9.17, 15) is 4.79 Å². The van der Waals surface area contributed by atoms with E-state index in [4.69, 9.17) is 11.6 Å². The van der Waals surface area contributed by atoms with E-state index in [-0.39, 0.29) is 18.3 Å². The van der Waals surface area contributed by atoms with Crippen molar-refractivity contribution in [2.45, 2.75) is 25.3 Å². The number of benzene rings is 1. The van der Waals surface area contributed by atoms with Crippen molar-refractivity contribution in [3.63, 3.8) is 0 Å². The first-order valence-corrected chi connectivity index (χ1v) is 9.84. The SMILES string of the molecule is Cl.O=C(NCCc1nc2cc(Cl)ccc2s1)c1cn(C2CCNCC2)nn1. The van der Waals surface area contributed by atoms with Crippen LogP contribution in [0.15, 0.2) is 24.4 Å². The van der Waals surface area contributed by atoms with Crippen LogP contribution in [-0.2, 0) is 6.42 Å². The van der Waals surface area contributed by atoms with E-state index in [1.807, 2.05) is 22.9 Å². The van der Waals surface area contributed by atoms with Gasteiger partial charge in [0.1, 0.15) is 0 Å². The number of carbonyl (C=O) groups excluding carboxylic acids is 1. The van der Waals surface area contributed by atoms with Crippen LogP contribution >= 0.6 is 35.3 Å². The standard InChI is InChI=1S/C17H19ClN6OS.ClH/c18-11-1-2-15-13(9-11)21-16(26-15)5-8-20-17(25)14-10-24(23-22-14)12-3-6-19-7-4-12;/h1-2,9-10,12,19H,3-8H2,(H,20,25);1H. The molecule has 3 heterocycles. The minimum Gasteiger partial charge on any atom is -0.350 e. The average molecular weight is 427 g/mol. The number of rotatable bonds is 5. The Labute approximate surface area is 171 Å². The molecule has 10 heteroatoms. The fourth-order valence-electron chi connectivity index (χ4n) is 3.06. The molecule has 1 aromatic carbocycles. The molecule has 1 aliphatic heterocycles. The molecule has 2 aromatic heterocycles. The third-order valence-electron chi connectivity index (χ3n) is 4.44. The van der Waals surface area contributed by atoms with Crippen molar-refractivity contribution in [3.8, 4) is 0 Å². The highest BCUT2D eigenvalue weighted by Gasteiger charge is 2.18. The van der Waals surface area contributed by atoms with Gasteiger partial charge in [0.25, 0.3) is 5.91 Å². The Balaban J connectivity index is 0.00000210. The number of thiazole rings is 1. The summed E-state index contributed by atoms with van der Waals surface area (Å²) in [5, 5.41) is 16.0. The van der Waals surface area contributed by atoms with Gasteiger partial charge in [0.15, 0.2) is 5.69 Å². The van der Waals surface area contributed by atoms with Gasteiger partial charge in [-0.25, -0.2) is 9.67 Å². The molecule has 0 aliphatic carbocycles.